The molecule has 2 aromatic carbocycles. The molecule has 1 atom stereocenters. The molecule has 2 rings (SSSR count). The maximum absolute atomic E-state index is 12.9. The molecule has 1 unspecified atom stereocenters. The van der Waals surface area contributed by atoms with Crippen molar-refractivity contribution in [1.82, 2.24) is 10.2 Å². The average molecular weight is 409 g/mol. The van der Waals surface area contributed by atoms with Gasteiger partial charge in [0.25, 0.3) is 5.91 Å². The number of hydrogen-bond donors (Lipinski definition) is 1. The second kappa shape index (κ2) is 10.2. The van der Waals surface area contributed by atoms with Gasteiger partial charge in [-0.05, 0) is 42.3 Å². The summed E-state index contributed by atoms with van der Waals surface area (Å²) in [6, 6.07) is 13.4. The van der Waals surface area contributed by atoms with Crippen LogP contribution in [0.1, 0.15) is 18.9 Å². The molecule has 0 spiro atoms. The lowest BCUT2D eigenvalue weighted by atomic mass is 10.1. The summed E-state index contributed by atoms with van der Waals surface area (Å²) in [5.74, 6) is -0.0110. The Labute approximate surface area is 169 Å². The highest BCUT2D eigenvalue weighted by Gasteiger charge is 2.28. The van der Waals surface area contributed by atoms with Crippen LogP contribution in [-0.2, 0) is 16.1 Å². The van der Waals surface area contributed by atoms with Gasteiger partial charge < -0.3 is 15.0 Å². The molecule has 0 aliphatic rings. The van der Waals surface area contributed by atoms with Gasteiger partial charge in [0.15, 0.2) is 6.61 Å². The van der Waals surface area contributed by atoms with E-state index in [1.54, 1.807) is 37.4 Å². The first-order chi connectivity index (χ1) is 13.0. The van der Waals surface area contributed by atoms with E-state index in [2.05, 4.69) is 5.32 Å². The van der Waals surface area contributed by atoms with E-state index in [1.807, 2.05) is 25.1 Å². The quantitative estimate of drug-likeness (QED) is 0.719. The molecule has 0 bridgehead atoms. The van der Waals surface area contributed by atoms with Crippen LogP contribution in [0, 0.1) is 0 Å². The molecule has 0 heterocycles. The summed E-state index contributed by atoms with van der Waals surface area (Å²) in [7, 11) is 1.55. The summed E-state index contributed by atoms with van der Waals surface area (Å²) < 4.78 is 5.57. The highest BCUT2D eigenvalue weighted by Crippen LogP contribution is 2.20. The highest BCUT2D eigenvalue weighted by molar-refractivity contribution is 6.31. The van der Waals surface area contributed by atoms with Crippen LogP contribution in [-0.4, -0.2) is 36.4 Å². The molecule has 0 aromatic heterocycles. The molecule has 0 saturated heterocycles. The molecule has 0 saturated carbocycles. The van der Waals surface area contributed by atoms with Crippen molar-refractivity contribution < 1.29 is 14.3 Å². The SMILES string of the molecule is CCC(C(=O)NC)N(Cc1ccccc1Cl)C(=O)COc1ccc(Cl)cc1. The Bertz CT molecular complexity index is 781. The lowest BCUT2D eigenvalue weighted by Gasteiger charge is -2.30. The molecule has 0 aliphatic heterocycles. The molecule has 27 heavy (non-hydrogen) atoms. The normalized spacial score (nSPS) is 11.6. The van der Waals surface area contributed by atoms with Gasteiger partial charge in [-0.25, -0.2) is 0 Å². The van der Waals surface area contributed by atoms with E-state index in [0.29, 0.717) is 22.2 Å². The van der Waals surface area contributed by atoms with Crippen LogP contribution in [0.2, 0.25) is 10.0 Å². The second-order valence-corrected chi connectivity index (χ2v) is 6.74. The van der Waals surface area contributed by atoms with Crippen molar-refractivity contribution in [3.8, 4) is 5.75 Å². The van der Waals surface area contributed by atoms with Crippen molar-refractivity contribution >= 4 is 35.0 Å². The van der Waals surface area contributed by atoms with E-state index in [9.17, 15) is 9.59 Å². The molecule has 2 aromatic rings. The minimum Gasteiger partial charge on any atom is -0.484 e. The number of amides is 2. The molecule has 2 amide bonds. The summed E-state index contributed by atoms with van der Waals surface area (Å²) in [6.07, 6.45) is 0.469. The van der Waals surface area contributed by atoms with Crippen LogP contribution in [0.5, 0.6) is 5.75 Å². The zero-order valence-corrected chi connectivity index (χ0v) is 16.8. The number of benzene rings is 2. The highest BCUT2D eigenvalue weighted by atomic mass is 35.5. The van der Waals surface area contributed by atoms with Gasteiger partial charge in [-0.1, -0.05) is 48.3 Å². The molecule has 0 radical (unpaired) electrons. The number of carbonyl (C=O) groups excluding carboxylic acids is 2. The minimum atomic E-state index is -0.618. The minimum absolute atomic E-state index is 0.195. The molecular weight excluding hydrogens is 387 g/mol. The standard InChI is InChI=1S/C20H22Cl2N2O3/c1-3-18(20(26)23-2)24(12-14-6-4-5-7-17(14)22)19(25)13-27-16-10-8-15(21)9-11-16/h4-11,18H,3,12-13H2,1-2H3,(H,23,26). The zero-order chi connectivity index (χ0) is 19.8. The summed E-state index contributed by atoms with van der Waals surface area (Å²) in [6.45, 7) is 1.88. The topological polar surface area (TPSA) is 58.6 Å². The molecule has 1 N–H and O–H groups in total. The van der Waals surface area contributed by atoms with E-state index in [-0.39, 0.29) is 25.0 Å². The maximum Gasteiger partial charge on any atom is 0.261 e. The summed E-state index contributed by atoms with van der Waals surface area (Å²) in [5, 5.41) is 3.74. The maximum atomic E-state index is 12.9. The Morgan fingerprint density at radius 1 is 1.11 bits per heavy atom. The Morgan fingerprint density at radius 2 is 1.78 bits per heavy atom. The van der Waals surface area contributed by atoms with Gasteiger partial charge >= 0.3 is 0 Å². The fourth-order valence-electron chi connectivity index (χ4n) is 2.66. The van der Waals surface area contributed by atoms with E-state index in [4.69, 9.17) is 27.9 Å². The number of nitrogens with zero attached hydrogens (tertiary/aromatic N) is 1. The van der Waals surface area contributed by atoms with Gasteiger partial charge in [-0.15, -0.1) is 0 Å². The van der Waals surface area contributed by atoms with Crippen molar-refractivity contribution in [1.29, 1.82) is 0 Å². The second-order valence-electron chi connectivity index (χ2n) is 5.89. The summed E-state index contributed by atoms with van der Waals surface area (Å²) in [4.78, 5) is 26.6. The monoisotopic (exact) mass is 408 g/mol. The molecule has 5 nitrogen and oxygen atoms in total. The van der Waals surface area contributed by atoms with E-state index < -0.39 is 6.04 Å². The lowest BCUT2D eigenvalue weighted by Crippen LogP contribution is -2.49. The van der Waals surface area contributed by atoms with Crippen molar-refractivity contribution in [2.75, 3.05) is 13.7 Å². The first kappa shape index (κ1) is 21.1. The Morgan fingerprint density at radius 3 is 2.37 bits per heavy atom. The van der Waals surface area contributed by atoms with Gasteiger partial charge in [0.05, 0.1) is 0 Å². The van der Waals surface area contributed by atoms with E-state index in [0.717, 1.165) is 5.56 Å². The van der Waals surface area contributed by atoms with E-state index >= 15 is 0 Å². The fraction of sp³-hybridized carbons (Fsp3) is 0.300. The van der Waals surface area contributed by atoms with Gasteiger partial charge in [0.2, 0.25) is 5.91 Å². The number of nitrogens with one attached hydrogen (secondary N) is 1. The zero-order valence-electron chi connectivity index (χ0n) is 15.2. The third-order valence-corrected chi connectivity index (χ3v) is 4.73. The van der Waals surface area contributed by atoms with Crippen LogP contribution in [0.4, 0.5) is 0 Å². The number of halogens is 2. The number of carbonyl (C=O) groups is 2. The Kier molecular flexibility index (Phi) is 7.95. The molecule has 0 aliphatic carbocycles. The first-order valence-electron chi connectivity index (χ1n) is 8.59. The van der Waals surface area contributed by atoms with Crippen LogP contribution in [0.15, 0.2) is 48.5 Å². The number of rotatable bonds is 8. The number of likely N-dealkylation sites (N-methyl/N-ethyl adjacent to an activating group) is 1. The largest absolute Gasteiger partial charge is 0.484 e. The van der Waals surface area contributed by atoms with Gasteiger partial charge in [0, 0.05) is 23.6 Å². The Balaban J connectivity index is 2.19. The van der Waals surface area contributed by atoms with Crippen molar-refractivity contribution in [2.24, 2.45) is 0 Å². The predicted octanol–water partition coefficient (Wildman–Crippen LogP) is 3.93. The Hall–Kier alpha value is -2.24. The molecule has 0 fully saturated rings. The predicted molar refractivity (Wildman–Crippen MR) is 107 cm³/mol. The smallest absolute Gasteiger partial charge is 0.261 e. The van der Waals surface area contributed by atoms with Gasteiger partial charge in [0.1, 0.15) is 11.8 Å². The van der Waals surface area contributed by atoms with Crippen molar-refractivity contribution in [3.05, 3.63) is 64.1 Å². The molecule has 144 valence electrons. The third kappa shape index (κ3) is 5.88. The number of ether oxygens (including phenoxy) is 1. The van der Waals surface area contributed by atoms with Crippen LogP contribution in [0.3, 0.4) is 0 Å². The van der Waals surface area contributed by atoms with Crippen LogP contribution in [0.25, 0.3) is 0 Å². The van der Waals surface area contributed by atoms with Gasteiger partial charge in [-0.2, -0.15) is 0 Å². The fourth-order valence-corrected chi connectivity index (χ4v) is 2.98. The van der Waals surface area contributed by atoms with Crippen molar-refractivity contribution in [3.63, 3.8) is 0 Å². The van der Waals surface area contributed by atoms with Crippen LogP contribution < -0.4 is 10.1 Å². The van der Waals surface area contributed by atoms with Gasteiger partial charge in [-0.3, -0.25) is 9.59 Å². The number of hydrogen-bond acceptors (Lipinski definition) is 3. The summed E-state index contributed by atoms with van der Waals surface area (Å²) >= 11 is 12.1. The van der Waals surface area contributed by atoms with E-state index in [1.165, 1.54) is 4.90 Å². The van der Waals surface area contributed by atoms with Crippen molar-refractivity contribution in [2.45, 2.75) is 25.9 Å². The molecule has 7 heteroatoms. The third-order valence-electron chi connectivity index (χ3n) is 4.11. The molecular formula is C20H22Cl2N2O3. The first-order valence-corrected chi connectivity index (χ1v) is 9.34. The lowest BCUT2D eigenvalue weighted by molar-refractivity contribution is -0.142. The van der Waals surface area contributed by atoms with Crippen LogP contribution >= 0.6 is 23.2 Å². The summed E-state index contributed by atoms with van der Waals surface area (Å²) in [5.41, 5.74) is 0.765. The average Bonchev–Trinajstić information content (AvgIpc) is 2.68.